The van der Waals surface area contributed by atoms with Crippen molar-refractivity contribution in [2.45, 2.75) is 6.42 Å². The summed E-state index contributed by atoms with van der Waals surface area (Å²) in [5.74, 6) is -3.06. The fourth-order valence-corrected chi connectivity index (χ4v) is 0.811. The van der Waals surface area contributed by atoms with Crippen molar-refractivity contribution in [1.29, 1.82) is 0 Å². The minimum atomic E-state index is -1.25. The molecular formula is C8H11NO5. The molecule has 14 heavy (non-hydrogen) atoms. The monoisotopic (exact) mass is 201 g/mol. The first-order valence-electron chi connectivity index (χ1n) is 3.79. The van der Waals surface area contributed by atoms with Gasteiger partial charge in [0.1, 0.15) is 13.1 Å². The number of hydrogen-bond donors (Lipinski definition) is 2. The topological polar surface area (TPSA) is 94.9 Å². The minimum absolute atomic E-state index is 0.0689. The Labute approximate surface area is 80.4 Å². The second-order valence-corrected chi connectivity index (χ2v) is 2.53. The zero-order valence-electron chi connectivity index (χ0n) is 7.47. The van der Waals surface area contributed by atoms with Gasteiger partial charge >= 0.3 is 11.9 Å². The standard InChI is InChI=1S/C8H11NO5/c1-2-3-6(10)9(4-7(11)12)5-8(13)14/h2H,1,3-5H2,(H,11,12)(H,13,14). The van der Waals surface area contributed by atoms with Crippen molar-refractivity contribution in [1.82, 2.24) is 4.90 Å². The second kappa shape index (κ2) is 5.74. The Balaban J connectivity index is 4.36. The first-order chi connectivity index (χ1) is 6.47. The van der Waals surface area contributed by atoms with Crippen LogP contribution in [0.1, 0.15) is 6.42 Å². The molecule has 0 aromatic rings. The van der Waals surface area contributed by atoms with E-state index in [4.69, 9.17) is 10.2 Å². The van der Waals surface area contributed by atoms with Crippen LogP contribution >= 0.6 is 0 Å². The van der Waals surface area contributed by atoms with E-state index >= 15 is 0 Å². The minimum Gasteiger partial charge on any atom is -0.480 e. The zero-order valence-corrected chi connectivity index (χ0v) is 7.47. The van der Waals surface area contributed by atoms with Gasteiger partial charge in [0.05, 0.1) is 0 Å². The number of amides is 1. The van der Waals surface area contributed by atoms with Crippen molar-refractivity contribution >= 4 is 17.8 Å². The van der Waals surface area contributed by atoms with E-state index in [9.17, 15) is 14.4 Å². The van der Waals surface area contributed by atoms with Crippen molar-refractivity contribution < 1.29 is 24.6 Å². The molecule has 0 aromatic carbocycles. The van der Waals surface area contributed by atoms with Crippen LogP contribution in [0.25, 0.3) is 0 Å². The second-order valence-electron chi connectivity index (χ2n) is 2.53. The van der Waals surface area contributed by atoms with Crippen molar-refractivity contribution in [3.05, 3.63) is 12.7 Å². The van der Waals surface area contributed by atoms with E-state index in [1.54, 1.807) is 0 Å². The molecule has 0 saturated heterocycles. The lowest BCUT2D eigenvalue weighted by molar-refractivity contribution is -0.149. The summed E-state index contributed by atoms with van der Waals surface area (Å²) in [6.45, 7) is 2.07. The Morgan fingerprint density at radius 3 is 1.86 bits per heavy atom. The molecule has 0 spiro atoms. The van der Waals surface area contributed by atoms with Crippen LogP contribution in [0.4, 0.5) is 0 Å². The molecule has 78 valence electrons. The molecule has 2 N–H and O–H groups in total. The maximum atomic E-state index is 11.1. The van der Waals surface area contributed by atoms with Crippen LogP contribution in [-0.2, 0) is 14.4 Å². The number of carbonyl (C=O) groups is 3. The Morgan fingerprint density at radius 2 is 1.57 bits per heavy atom. The molecule has 0 aromatic heterocycles. The van der Waals surface area contributed by atoms with Crippen LogP contribution in [0, 0.1) is 0 Å². The first kappa shape index (κ1) is 12.2. The highest BCUT2D eigenvalue weighted by atomic mass is 16.4. The molecule has 0 saturated carbocycles. The Bertz CT molecular complexity index is 244. The predicted octanol–water partition coefficient (Wildman–Crippen LogP) is -0.440. The van der Waals surface area contributed by atoms with E-state index in [0.29, 0.717) is 0 Å². The first-order valence-corrected chi connectivity index (χ1v) is 3.79. The number of nitrogens with zero attached hydrogens (tertiary/aromatic N) is 1. The smallest absolute Gasteiger partial charge is 0.323 e. The van der Waals surface area contributed by atoms with E-state index < -0.39 is 30.9 Å². The molecule has 0 bridgehead atoms. The third-order valence-electron chi connectivity index (χ3n) is 1.32. The van der Waals surface area contributed by atoms with E-state index in [1.165, 1.54) is 6.08 Å². The normalized spacial score (nSPS) is 9.14. The molecular weight excluding hydrogens is 190 g/mol. The summed E-state index contributed by atoms with van der Waals surface area (Å²) < 4.78 is 0. The van der Waals surface area contributed by atoms with Gasteiger partial charge in [-0.15, -0.1) is 6.58 Å². The van der Waals surface area contributed by atoms with Crippen molar-refractivity contribution in [3.8, 4) is 0 Å². The van der Waals surface area contributed by atoms with Crippen molar-refractivity contribution in [3.63, 3.8) is 0 Å². The molecule has 0 heterocycles. The van der Waals surface area contributed by atoms with Crippen LogP contribution in [0.15, 0.2) is 12.7 Å². The number of rotatable bonds is 6. The molecule has 6 heteroatoms. The Hall–Kier alpha value is -1.85. The highest BCUT2D eigenvalue weighted by Crippen LogP contribution is 1.95. The van der Waals surface area contributed by atoms with Crippen molar-refractivity contribution in [2.24, 2.45) is 0 Å². The van der Waals surface area contributed by atoms with Crippen LogP contribution in [-0.4, -0.2) is 46.0 Å². The van der Waals surface area contributed by atoms with Gasteiger partial charge in [0.15, 0.2) is 0 Å². The molecule has 0 unspecified atom stereocenters. The van der Waals surface area contributed by atoms with E-state index in [2.05, 4.69) is 6.58 Å². The fraction of sp³-hybridized carbons (Fsp3) is 0.375. The van der Waals surface area contributed by atoms with Gasteiger partial charge in [0.25, 0.3) is 0 Å². The number of aliphatic carboxylic acids is 2. The number of carbonyl (C=O) groups excluding carboxylic acids is 1. The van der Waals surface area contributed by atoms with Crippen LogP contribution in [0.3, 0.4) is 0 Å². The third-order valence-corrected chi connectivity index (χ3v) is 1.32. The quantitative estimate of drug-likeness (QED) is 0.568. The van der Waals surface area contributed by atoms with Crippen molar-refractivity contribution in [2.75, 3.05) is 13.1 Å². The maximum absolute atomic E-state index is 11.1. The summed E-state index contributed by atoms with van der Waals surface area (Å²) in [6, 6.07) is 0. The number of hydrogen-bond acceptors (Lipinski definition) is 3. The lowest BCUT2D eigenvalue weighted by atomic mass is 10.3. The average molecular weight is 201 g/mol. The fourth-order valence-electron chi connectivity index (χ4n) is 0.811. The van der Waals surface area contributed by atoms with Crippen LogP contribution in [0.2, 0.25) is 0 Å². The summed E-state index contributed by atoms with van der Waals surface area (Å²) in [5, 5.41) is 16.8. The maximum Gasteiger partial charge on any atom is 0.323 e. The highest BCUT2D eigenvalue weighted by molar-refractivity contribution is 5.85. The third kappa shape index (κ3) is 4.91. The molecule has 6 nitrogen and oxygen atoms in total. The van der Waals surface area contributed by atoms with Gasteiger partial charge in [-0.2, -0.15) is 0 Å². The largest absolute Gasteiger partial charge is 0.480 e. The Morgan fingerprint density at radius 1 is 1.14 bits per heavy atom. The zero-order chi connectivity index (χ0) is 11.1. The lowest BCUT2D eigenvalue weighted by Crippen LogP contribution is -2.39. The molecule has 0 fully saturated rings. The lowest BCUT2D eigenvalue weighted by Gasteiger charge is -2.17. The average Bonchev–Trinajstić information content (AvgIpc) is 2.01. The molecule has 0 atom stereocenters. The predicted molar refractivity (Wildman–Crippen MR) is 46.7 cm³/mol. The Kier molecular flexibility index (Phi) is 4.98. The van der Waals surface area contributed by atoms with Gasteiger partial charge in [-0.3, -0.25) is 14.4 Å². The molecule has 1 amide bonds. The van der Waals surface area contributed by atoms with Gasteiger partial charge in [-0.1, -0.05) is 6.08 Å². The summed E-state index contributed by atoms with van der Waals surface area (Å²) >= 11 is 0. The molecule has 0 radical (unpaired) electrons. The SMILES string of the molecule is C=CCC(=O)N(CC(=O)O)CC(=O)O. The van der Waals surface area contributed by atoms with Crippen LogP contribution < -0.4 is 0 Å². The molecule has 0 rings (SSSR count). The summed E-state index contributed by atoms with van der Waals surface area (Å²) in [4.78, 5) is 32.5. The van der Waals surface area contributed by atoms with Gasteiger partial charge in [0, 0.05) is 6.42 Å². The van der Waals surface area contributed by atoms with E-state index in [1.807, 2.05) is 0 Å². The summed E-state index contributed by atoms with van der Waals surface area (Å²) in [7, 11) is 0. The molecule has 0 aliphatic rings. The van der Waals surface area contributed by atoms with Gasteiger partial charge in [-0.25, -0.2) is 0 Å². The molecule has 0 aliphatic carbocycles. The summed E-state index contributed by atoms with van der Waals surface area (Å²) in [5.41, 5.74) is 0. The van der Waals surface area contributed by atoms with Gasteiger partial charge < -0.3 is 15.1 Å². The van der Waals surface area contributed by atoms with Crippen LogP contribution in [0.5, 0.6) is 0 Å². The number of carboxylic acid groups (broad SMARTS) is 2. The van der Waals surface area contributed by atoms with E-state index in [-0.39, 0.29) is 6.42 Å². The van der Waals surface area contributed by atoms with Gasteiger partial charge in [0.2, 0.25) is 5.91 Å². The van der Waals surface area contributed by atoms with Gasteiger partial charge in [-0.05, 0) is 0 Å². The highest BCUT2D eigenvalue weighted by Gasteiger charge is 2.17. The van der Waals surface area contributed by atoms with E-state index in [0.717, 1.165) is 4.90 Å². The number of carboxylic acids is 2. The summed E-state index contributed by atoms with van der Waals surface area (Å²) in [6.07, 6.45) is 1.22. The molecule has 0 aliphatic heterocycles.